The van der Waals surface area contributed by atoms with E-state index in [1.54, 1.807) is 0 Å². The molecule has 4 aromatic carbocycles. The molecule has 7 rings (SSSR count). The van der Waals surface area contributed by atoms with Gasteiger partial charge in [-0.05, 0) is 35.0 Å². The highest BCUT2D eigenvalue weighted by atomic mass is 14.9. The van der Waals surface area contributed by atoms with E-state index in [0.29, 0.717) is 0 Å². The van der Waals surface area contributed by atoms with E-state index in [-0.39, 0.29) is 0 Å². The second-order valence-corrected chi connectivity index (χ2v) is 7.67. The lowest BCUT2D eigenvalue weighted by Gasteiger charge is -2.12. The Balaban J connectivity index is 1.89. The normalized spacial score (nSPS) is 12.1. The fourth-order valence-corrected chi connectivity index (χ4v) is 4.92. The average Bonchev–Trinajstić information content (AvgIpc) is 3.19. The summed E-state index contributed by atoms with van der Waals surface area (Å²) in [6.07, 6.45) is 2.04. The van der Waals surface area contributed by atoms with Gasteiger partial charge in [0.15, 0.2) is 0 Å². The second kappa shape index (κ2) is 5.33. The summed E-state index contributed by atoms with van der Waals surface area (Å²) < 4.78 is 2.42. The first-order valence-corrected chi connectivity index (χ1v) is 9.91. The van der Waals surface area contributed by atoms with Crippen molar-refractivity contribution in [2.24, 2.45) is 0 Å². The van der Waals surface area contributed by atoms with Crippen molar-refractivity contribution in [1.29, 1.82) is 0 Å². The van der Waals surface area contributed by atoms with Crippen molar-refractivity contribution in [2.45, 2.75) is 0 Å². The molecule has 0 fully saturated rings. The topological polar surface area (TPSA) is 17.3 Å². The van der Waals surface area contributed by atoms with Crippen LogP contribution in [0.15, 0.2) is 97.2 Å². The van der Waals surface area contributed by atoms with Crippen LogP contribution < -0.4 is 0 Å². The Morgan fingerprint density at radius 1 is 0.517 bits per heavy atom. The molecule has 2 heteroatoms. The lowest BCUT2D eigenvalue weighted by atomic mass is 10.0. The van der Waals surface area contributed by atoms with Crippen LogP contribution in [-0.2, 0) is 0 Å². The van der Waals surface area contributed by atoms with Crippen molar-refractivity contribution in [2.75, 3.05) is 0 Å². The standard InChI is InChI=1S/C27H16N2/c1-2-8-18-17(7-1)13-14-25-21(18)15-26-27-20-10-3-5-11-23(20)28-16-22(27)19-9-4-6-12-24(19)29(25)26/h1-16H. The van der Waals surface area contributed by atoms with Gasteiger partial charge < -0.3 is 4.40 Å². The molecule has 0 aliphatic carbocycles. The number of nitrogens with zero attached hydrogens (tertiary/aromatic N) is 2. The molecule has 0 bridgehead atoms. The molecule has 0 N–H and O–H groups in total. The summed E-state index contributed by atoms with van der Waals surface area (Å²) in [5, 5.41) is 8.78. The van der Waals surface area contributed by atoms with Crippen LogP contribution in [-0.4, -0.2) is 9.38 Å². The van der Waals surface area contributed by atoms with Gasteiger partial charge in [0, 0.05) is 33.1 Å². The molecule has 0 aliphatic heterocycles. The van der Waals surface area contributed by atoms with Gasteiger partial charge in [-0.25, -0.2) is 0 Å². The molecule has 134 valence electrons. The van der Waals surface area contributed by atoms with E-state index in [1.807, 2.05) is 6.20 Å². The molecular formula is C27H16N2. The van der Waals surface area contributed by atoms with Crippen LogP contribution in [0.4, 0.5) is 0 Å². The fourth-order valence-electron chi connectivity index (χ4n) is 4.92. The van der Waals surface area contributed by atoms with E-state index < -0.39 is 0 Å². The zero-order valence-corrected chi connectivity index (χ0v) is 15.6. The van der Waals surface area contributed by atoms with Crippen molar-refractivity contribution in [3.8, 4) is 0 Å². The van der Waals surface area contributed by atoms with E-state index in [4.69, 9.17) is 4.98 Å². The minimum atomic E-state index is 1.03. The first kappa shape index (κ1) is 15.1. The van der Waals surface area contributed by atoms with Crippen LogP contribution in [0.3, 0.4) is 0 Å². The average molecular weight is 368 g/mol. The van der Waals surface area contributed by atoms with Gasteiger partial charge in [0.2, 0.25) is 0 Å². The predicted octanol–water partition coefficient (Wildman–Crippen LogP) is 7.10. The summed E-state index contributed by atoms with van der Waals surface area (Å²) in [5.74, 6) is 0. The molecule has 0 saturated heterocycles. The number of rotatable bonds is 0. The van der Waals surface area contributed by atoms with E-state index in [1.165, 1.54) is 54.3 Å². The van der Waals surface area contributed by atoms with Gasteiger partial charge in [-0.15, -0.1) is 0 Å². The highest BCUT2D eigenvalue weighted by Crippen LogP contribution is 2.38. The van der Waals surface area contributed by atoms with Crippen LogP contribution in [0.5, 0.6) is 0 Å². The van der Waals surface area contributed by atoms with Crippen LogP contribution in [0.25, 0.3) is 59.8 Å². The predicted molar refractivity (Wildman–Crippen MR) is 123 cm³/mol. The lowest BCUT2D eigenvalue weighted by Crippen LogP contribution is -1.92. The van der Waals surface area contributed by atoms with Crippen LogP contribution in [0, 0.1) is 0 Å². The van der Waals surface area contributed by atoms with Gasteiger partial charge in [0.1, 0.15) is 0 Å². The number of hydrogen-bond acceptors (Lipinski definition) is 1. The van der Waals surface area contributed by atoms with E-state index in [0.717, 1.165) is 5.52 Å². The Hall–Kier alpha value is -3.91. The number of pyridine rings is 2. The number of fused-ring (bicyclic) bond motifs is 12. The smallest absolute Gasteiger partial charge is 0.0709 e. The Morgan fingerprint density at radius 3 is 2.17 bits per heavy atom. The maximum Gasteiger partial charge on any atom is 0.0709 e. The third-order valence-electron chi connectivity index (χ3n) is 6.18. The van der Waals surface area contributed by atoms with Gasteiger partial charge in [-0.2, -0.15) is 0 Å². The highest BCUT2D eigenvalue weighted by Gasteiger charge is 2.15. The second-order valence-electron chi connectivity index (χ2n) is 7.67. The Morgan fingerprint density at radius 2 is 1.24 bits per heavy atom. The van der Waals surface area contributed by atoms with Crippen molar-refractivity contribution in [3.63, 3.8) is 0 Å². The summed E-state index contributed by atoms with van der Waals surface area (Å²) >= 11 is 0. The third-order valence-corrected chi connectivity index (χ3v) is 6.18. The van der Waals surface area contributed by atoms with Crippen LogP contribution in [0.2, 0.25) is 0 Å². The van der Waals surface area contributed by atoms with E-state index >= 15 is 0 Å². The maximum atomic E-state index is 4.76. The molecule has 0 unspecified atom stereocenters. The SMILES string of the molecule is c1ccc2c(c1)ccc1c2cc2c3c4ccccc4ncc3c3ccccc3n12. The Bertz CT molecular complexity index is 1760. The molecule has 3 aromatic heterocycles. The largest absolute Gasteiger partial charge is 0.309 e. The monoisotopic (exact) mass is 368 g/mol. The molecule has 0 aliphatic rings. The molecule has 29 heavy (non-hydrogen) atoms. The first-order valence-electron chi connectivity index (χ1n) is 9.91. The third kappa shape index (κ3) is 1.88. The number of para-hydroxylation sites is 2. The summed E-state index contributed by atoms with van der Waals surface area (Å²) in [4.78, 5) is 4.76. The van der Waals surface area contributed by atoms with Crippen molar-refractivity contribution in [1.82, 2.24) is 9.38 Å². The van der Waals surface area contributed by atoms with Gasteiger partial charge in [0.05, 0.1) is 22.1 Å². The fraction of sp³-hybridized carbons (Fsp3) is 0. The molecule has 0 radical (unpaired) electrons. The Kier molecular flexibility index (Phi) is 2.77. The van der Waals surface area contributed by atoms with Crippen molar-refractivity contribution >= 4 is 59.8 Å². The Labute approximate surface area is 166 Å². The minimum absolute atomic E-state index is 1.03. The number of hydrogen-bond donors (Lipinski definition) is 0. The summed E-state index contributed by atoms with van der Waals surface area (Å²) in [5.41, 5.74) is 4.74. The van der Waals surface area contributed by atoms with Crippen molar-refractivity contribution < 1.29 is 0 Å². The molecule has 3 heterocycles. The summed E-state index contributed by atoms with van der Waals surface area (Å²) in [7, 11) is 0. The van der Waals surface area contributed by atoms with Crippen LogP contribution >= 0.6 is 0 Å². The molecular weight excluding hydrogens is 352 g/mol. The van der Waals surface area contributed by atoms with E-state index in [9.17, 15) is 0 Å². The number of aromatic nitrogens is 2. The zero-order valence-electron chi connectivity index (χ0n) is 15.6. The molecule has 0 spiro atoms. The lowest BCUT2D eigenvalue weighted by molar-refractivity contribution is 1.34. The summed E-state index contributed by atoms with van der Waals surface area (Å²) in [6.45, 7) is 0. The van der Waals surface area contributed by atoms with Gasteiger partial charge in [-0.3, -0.25) is 4.98 Å². The molecule has 0 saturated carbocycles. The summed E-state index contributed by atoms with van der Waals surface area (Å²) in [6, 6.07) is 32.6. The molecule has 0 amide bonds. The van der Waals surface area contributed by atoms with Crippen LogP contribution in [0.1, 0.15) is 0 Å². The van der Waals surface area contributed by atoms with Gasteiger partial charge >= 0.3 is 0 Å². The van der Waals surface area contributed by atoms with Gasteiger partial charge in [0.25, 0.3) is 0 Å². The quantitative estimate of drug-likeness (QED) is 0.261. The van der Waals surface area contributed by atoms with Gasteiger partial charge in [-0.1, -0.05) is 66.7 Å². The first-order chi connectivity index (χ1) is 14.4. The van der Waals surface area contributed by atoms with E-state index in [2.05, 4.69) is 95.4 Å². The highest BCUT2D eigenvalue weighted by molar-refractivity contribution is 6.24. The number of benzene rings is 4. The zero-order chi connectivity index (χ0) is 18.9. The maximum absolute atomic E-state index is 4.76. The molecule has 2 nitrogen and oxygen atoms in total. The van der Waals surface area contributed by atoms with Crippen molar-refractivity contribution in [3.05, 3.63) is 97.2 Å². The molecule has 0 atom stereocenters. The minimum Gasteiger partial charge on any atom is -0.309 e. The molecule has 7 aromatic rings.